The molecule has 4 aliphatic rings. The van der Waals surface area contributed by atoms with Gasteiger partial charge in [-0.2, -0.15) is 4.98 Å². The van der Waals surface area contributed by atoms with Crippen LogP contribution in [0.4, 0.5) is 17.5 Å². The summed E-state index contributed by atoms with van der Waals surface area (Å²) in [5.41, 5.74) is 8.95. The quantitative estimate of drug-likeness (QED) is 0.127. The van der Waals surface area contributed by atoms with Crippen molar-refractivity contribution in [3.8, 4) is 11.5 Å². The molecule has 3 aliphatic heterocycles. The van der Waals surface area contributed by atoms with Gasteiger partial charge in [0.1, 0.15) is 22.4 Å². The van der Waals surface area contributed by atoms with Crippen molar-refractivity contribution in [1.29, 1.82) is 0 Å². The number of aryl methyl sites for hydroxylation is 3. The Kier molecular flexibility index (Phi) is 13.8. The van der Waals surface area contributed by atoms with Gasteiger partial charge in [0, 0.05) is 99.9 Å². The molecule has 3 amide bonds. The summed E-state index contributed by atoms with van der Waals surface area (Å²) in [6.45, 7) is 10.7. The first-order chi connectivity index (χ1) is 33.7. The van der Waals surface area contributed by atoms with Crippen LogP contribution in [0.3, 0.4) is 0 Å². The standard InChI is InChI=1S/C51H58ClN11O7/c1-28-8-10-32(11-9-28)38-20-35(48-59-58-31(4)63(48)40-18-29(2)30(3)45(38)40)22-43(64)54-24-37-26-62(16-17-69-37)49(66)33-12-14-61(15-13-33)51-55-25-39(52)47(57-51)56-36-19-34-21-42(70-27-44(65)53-5)50(67)60(6)46(34)41(23-36)68-7/h8-11,19-21,23,25,33,35,37H,12-18,22,24,26-27H2,1-7H3,(H,53,65)(H,54,64)(H,55,56,57). The van der Waals surface area contributed by atoms with E-state index in [1.807, 2.05) is 16.7 Å². The molecule has 6 heterocycles. The molecular weight excluding hydrogens is 914 g/mol. The van der Waals surface area contributed by atoms with E-state index in [-0.39, 0.29) is 66.0 Å². The van der Waals surface area contributed by atoms with Gasteiger partial charge in [0.15, 0.2) is 18.2 Å². The molecule has 9 rings (SSSR count). The number of likely N-dealkylation sites (N-methyl/N-ethyl adjacent to an activating group) is 1. The van der Waals surface area contributed by atoms with Gasteiger partial charge in [-0.1, -0.05) is 53.1 Å². The van der Waals surface area contributed by atoms with E-state index in [1.165, 1.54) is 47.2 Å². The second-order valence-corrected chi connectivity index (χ2v) is 18.8. The summed E-state index contributed by atoms with van der Waals surface area (Å²) in [7, 11) is 4.60. The summed E-state index contributed by atoms with van der Waals surface area (Å²) in [4.78, 5) is 65.9. The molecule has 2 unspecified atom stereocenters. The normalized spacial score (nSPS) is 18.3. The van der Waals surface area contributed by atoms with Crippen LogP contribution in [0.2, 0.25) is 5.02 Å². The summed E-state index contributed by atoms with van der Waals surface area (Å²) in [5.74, 6) is 1.86. The Morgan fingerprint density at radius 2 is 1.74 bits per heavy atom. The molecule has 0 saturated carbocycles. The van der Waals surface area contributed by atoms with Crippen molar-refractivity contribution in [2.24, 2.45) is 13.0 Å². The number of carbonyl (C=O) groups excluding carboxylic acids is 3. The fourth-order valence-electron chi connectivity index (χ4n) is 9.86. The van der Waals surface area contributed by atoms with E-state index in [2.05, 4.69) is 86.8 Å². The molecule has 70 heavy (non-hydrogen) atoms. The number of piperidine rings is 1. The van der Waals surface area contributed by atoms with Crippen molar-refractivity contribution in [3.63, 3.8) is 0 Å². The van der Waals surface area contributed by atoms with Gasteiger partial charge in [0.05, 0.1) is 31.5 Å². The molecule has 0 radical (unpaired) electrons. The van der Waals surface area contributed by atoms with Gasteiger partial charge < -0.3 is 44.5 Å². The maximum atomic E-state index is 14.0. The van der Waals surface area contributed by atoms with Gasteiger partial charge in [-0.3, -0.25) is 23.7 Å². The fourth-order valence-corrected chi connectivity index (χ4v) is 10.0. The predicted octanol–water partition coefficient (Wildman–Crippen LogP) is 5.85. The Labute approximate surface area is 410 Å². The van der Waals surface area contributed by atoms with Crippen molar-refractivity contribution >= 4 is 68.9 Å². The second-order valence-electron chi connectivity index (χ2n) is 18.4. The summed E-state index contributed by atoms with van der Waals surface area (Å²) >= 11 is 6.62. The third-order valence-electron chi connectivity index (χ3n) is 13.8. The predicted molar refractivity (Wildman–Crippen MR) is 267 cm³/mol. The first kappa shape index (κ1) is 48.0. The van der Waals surface area contributed by atoms with Crippen molar-refractivity contribution in [3.05, 3.63) is 110 Å². The Balaban J connectivity index is 0.814. The topological polar surface area (TPSA) is 200 Å². The van der Waals surface area contributed by atoms with E-state index in [0.29, 0.717) is 79.7 Å². The molecule has 5 aromatic rings. The number of anilines is 3. The highest BCUT2D eigenvalue weighted by Gasteiger charge is 2.35. The average Bonchev–Trinajstić information content (AvgIpc) is 3.85. The largest absolute Gasteiger partial charge is 0.494 e. The first-order valence-electron chi connectivity index (χ1n) is 23.6. The Hall–Kier alpha value is -7.05. The summed E-state index contributed by atoms with van der Waals surface area (Å²) < 4.78 is 20.9. The molecule has 2 aromatic carbocycles. The van der Waals surface area contributed by atoms with Gasteiger partial charge in [0.2, 0.25) is 17.8 Å². The number of pyridine rings is 1. The summed E-state index contributed by atoms with van der Waals surface area (Å²) in [6, 6.07) is 13.6. The number of amides is 3. The van der Waals surface area contributed by atoms with E-state index < -0.39 is 5.56 Å². The monoisotopic (exact) mass is 971 g/mol. The minimum Gasteiger partial charge on any atom is -0.494 e. The van der Waals surface area contributed by atoms with Gasteiger partial charge in [-0.25, -0.2) is 4.98 Å². The fraction of sp³-hybridized carbons (Fsp3) is 0.412. The number of rotatable bonds is 13. The van der Waals surface area contributed by atoms with Gasteiger partial charge in [0.25, 0.3) is 11.5 Å². The first-order valence-corrected chi connectivity index (χ1v) is 24.0. The van der Waals surface area contributed by atoms with E-state index in [9.17, 15) is 19.2 Å². The van der Waals surface area contributed by atoms with E-state index in [1.54, 1.807) is 25.2 Å². The molecule has 1 aliphatic carbocycles. The molecule has 18 nitrogen and oxygen atoms in total. The van der Waals surface area contributed by atoms with E-state index in [4.69, 9.17) is 30.8 Å². The lowest BCUT2D eigenvalue weighted by Crippen LogP contribution is -2.52. The van der Waals surface area contributed by atoms with Crippen molar-refractivity contribution in [1.82, 2.24) is 44.8 Å². The lowest BCUT2D eigenvalue weighted by atomic mass is 9.89. The SMILES string of the molecule is CNC(=O)COc1cc2cc(Nc3nc(N4CCC(C(=O)N5CCOC(CNC(=O)CC6C=C(c7ccc(C)cc7)C7=C(CC(C)=C7C)n7c(C)nnc76)C5)CC4)ncc3Cl)cc(OC)c2n(C)c1=O. The number of hydrogen-bond donors (Lipinski definition) is 3. The Morgan fingerprint density at radius 1 is 0.971 bits per heavy atom. The molecule has 2 saturated heterocycles. The van der Waals surface area contributed by atoms with Crippen molar-refractivity contribution in [2.45, 2.75) is 65.4 Å². The number of fused-ring (bicyclic) bond motifs is 3. The van der Waals surface area contributed by atoms with Crippen LogP contribution in [0, 0.1) is 19.8 Å². The summed E-state index contributed by atoms with van der Waals surface area (Å²) in [6.07, 6.45) is 5.55. The molecule has 3 aromatic heterocycles. The summed E-state index contributed by atoms with van der Waals surface area (Å²) in [5, 5.41) is 18.9. The zero-order valence-electron chi connectivity index (χ0n) is 40.5. The second kappa shape index (κ2) is 20.1. The lowest BCUT2D eigenvalue weighted by Gasteiger charge is -2.38. The zero-order valence-corrected chi connectivity index (χ0v) is 41.3. The zero-order chi connectivity index (χ0) is 49.4. The highest BCUT2D eigenvalue weighted by atomic mass is 35.5. The van der Waals surface area contributed by atoms with E-state index >= 15 is 0 Å². The Morgan fingerprint density at radius 3 is 2.49 bits per heavy atom. The van der Waals surface area contributed by atoms with Crippen LogP contribution >= 0.6 is 11.6 Å². The maximum Gasteiger partial charge on any atom is 0.293 e. The smallest absolute Gasteiger partial charge is 0.293 e. The van der Waals surface area contributed by atoms with Crippen LogP contribution in [0.5, 0.6) is 11.5 Å². The average molecular weight is 973 g/mol. The number of methoxy groups -OCH3 is 1. The number of benzene rings is 2. The molecule has 2 atom stereocenters. The number of morpholine rings is 1. The third kappa shape index (κ3) is 9.61. The van der Waals surface area contributed by atoms with Gasteiger partial charge >= 0.3 is 0 Å². The van der Waals surface area contributed by atoms with Gasteiger partial charge in [-0.15, -0.1) is 10.2 Å². The van der Waals surface area contributed by atoms with Crippen LogP contribution < -0.4 is 35.9 Å². The molecule has 0 bridgehead atoms. The van der Waals surface area contributed by atoms with Crippen LogP contribution in [0.25, 0.3) is 22.2 Å². The number of halogens is 1. The number of allylic oxidation sites excluding steroid dienone is 6. The molecule has 366 valence electrons. The van der Waals surface area contributed by atoms with Crippen LogP contribution in [-0.2, 0) is 26.2 Å². The van der Waals surface area contributed by atoms with Gasteiger partial charge in [-0.05, 0) is 69.4 Å². The van der Waals surface area contributed by atoms with Crippen molar-refractivity contribution in [2.75, 3.05) is 70.3 Å². The lowest BCUT2D eigenvalue weighted by molar-refractivity contribution is -0.143. The number of ether oxygens (including phenoxy) is 3. The third-order valence-corrected chi connectivity index (χ3v) is 14.1. The minimum atomic E-state index is -0.418. The number of hydrogen-bond acceptors (Lipinski definition) is 13. The molecule has 19 heteroatoms. The van der Waals surface area contributed by atoms with Crippen molar-refractivity contribution < 1.29 is 28.6 Å². The molecule has 3 N–H and O–H groups in total. The highest BCUT2D eigenvalue weighted by molar-refractivity contribution is 6.33. The number of nitrogens with zero attached hydrogens (tertiary/aromatic N) is 8. The van der Waals surface area contributed by atoms with Crippen LogP contribution in [-0.4, -0.2) is 118 Å². The van der Waals surface area contributed by atoms with Crippen LogP contribution in [0.1, 0.15) is 68.2 Å². The van der Waals surface area contributed by atoms with Crippen LogP contribution in [0.15, 0.2) is 76.3 Å². The molecule has 2 fully saturated rings. The number of carbonyl (C=O) groups is 3. The number of aromatic nitrogens is 6. The van der Waals surface area contributed by atoms with E-state index in [0.717, 1.165) is 34.9 Å². The maximum absolute atomic E-state index is 14.0. The number of nitrogens with one attached hydrogen (secondary N) is 3. The minimum absolute atomic E-state index is 0.0117. The molecule has 0 spiro atoms. The molecular formula is C51H58ClN11O7. The Bertz CT molecular complexity index is 3040. The highest BCUT2D eigenvalue weighted by Crippen LogP contribution is 2.47.